The molecular formula is C20H22FN7O3. The van der Waals surface area contributed by atoms with Crippen molar-refractivity contribution in [2.75, 3.05) is 18.0 Å². The summed E-state index contributed by atoms with van der Waals surface area (Å²) in [5.74, 6) is -0.664. The van der Waals surface area contributed by atoms with E-state index in [0.717, 1.165) is 11.4 Å². The summed E-state index contributed by atoms with van der Waals surface area (Å²) in [5.41, 5.74) is 3.13. The maximum atomic E-state index is 14.8. The minimum absolute atomic E-state index is 0.205. The number of cyclic esters (lactones) is 1. The first-order valence-electron chi connectivity index (χ1n) is 9.75. The van der Waals surface area contributed by atoms with Crippen molar-refractivity contribution in [1.29, 1.82) is 0 Å². The highest BCUT2D eigenvalue weighted by molar-refractivity contribution is 5.90. The van der Waals surface area contributed by atoms with Crippen molar-refractivity contribution in [2.24, 2.45) is 0 Å². The normalized spacial score (nSPS) is 15.9. The molecule has 162 valence electrons. The maximum Gasteiger partial charge on any atom is 0.414 e. The van der Waals surface area contributed by atoms with Gasteiger partial charge in [0.1, 0.15) is 11.9 Å². The number of aromatic nitrogens is 4. The smallest absolute Gasteiger partial charge is 0.414 e. The van der Waals surface area contributed by atoms with Crippen LogP contribution in [-0.2, 0) is 22.6 Å². The molecule has 1 aliphatic rings. The summed E-state index contributed by atoms with van der Waals surface area (Å²) in [5, 5.41) is 16.1. The first-order valence-corrected chi connectivity index (χ1v) is 9.75. The molecule has 31 heavy (non-hydrogen) atoms. The average molecular weight is 427 g/mol. The zero-order chi connectivity index (χ0) is 21.8. The standard InChI is InChI=1S/C20H22FN7O3/c1-12(29)23-10-16-11-28(20(30)31-16)15-3-4-17(18(21)6-15)19-5-2-13(25-19)7-22-8-14-9-24-27-26-14/h2-6,9,16,22,25H,7-8,10-11H2,1H3,(H,23,29)(H,24,26,27)/t16-/m0/s1. The van der Waals surface area contributed by atoms with Crippen LogP contribution < -0.4 is 15.5 Å². The molecule has 1 atom stereocenters. The van der Waals surface area contributed by atoms with Crippen molar-refractivity contribution in [3.05, 3.63) is 53.7 Å². The van der Waals surface area contributed by atoms with Crippen LogP contribution >= 0.6 is 0 Å². The predicted molar refractivity (Wildman–Crippen MR) is 109 cm³/mol. The fourth-order valence-electron chi connectivity index (χ4n) is 3.32. The van der Waals surface area contributed by atoms with Crippen LogP contribution in [0, 0.1) is 5.82 Å². The molecule has 2 aromatic heterocycles. The first-order chi connectivity index (χ1) is 15.0. The summed E-state index contributed by atoms with van der Waals surface area (Å²) < 4.78 is 20.1. The van der Waals surface area contributed by atoms with E-state index in [1.165, 1.54) is 17.9 Å². The lowest BCUT2D eigenvalue weighted by Gasteiger charge is -2.14. The Morgan fingerprint density at radius 3 is 2.94 bits per heavy atom. The number of carbonyl (C=O) groups is 2. The van der Waals surface area contributed by atoms with E-state index in [2.05, 4.69) is 31.0 Å². The SMILES string of the molecule is CC(=O)NC[C@H]1CN(c2ccc(-c3ccc(CNCc4cn[nH]n4)[nH]3)c(F)c2)C(=O)O1. The highest BCUT2D eigenvalue weighted by atomic mass is 19.1. The number of nitrogens with zero attached hydrogens (tertiary/aromatic N) is 3. The van der Waals surface area contributed by atoms with E-state index >= 15 is 0 Å². The number of anilines is 1. The molecule has 0 unspecified atom stereocenters. The number of carbonyl (C=O) groups excluding carboxylic acids is 2. The average Bonchev–Trinajstić information content (AvgIpc) is 3.48. The molecule has 0 aliphatic carbocycles. The van der Waals surface area contributed by atoms with Crippen LogP contribution in [0.25, 0.3) is 11.3 Å². The van der Waals surface area contributed by atoms with Crippen LogP contribution in [0.5, 0.6) is 0 Å². The van der Waals surface area contributed by atoms with Crippen LogP contribution in [0.3, 0.4) is 0 Å². The van der Waals surface area contributed by atoms with Crippen molar-refractivity contribution in [3.63, 3.8) is 0 Å². The molecule has 4 rings (SSSR count). The van der Waals surface area contributed by atoms with E-state index in [-0.39, 0.29) is 19.0 Å². The molecule has 1 saturated heterocycles. The minimum Gasteiger partial charge on any atom is -0.442 e. The van der Waals surface area contributed by atoms with Crippen molar-refractivity contribution in [1.82, 2.24) is 31.0 Å². The third kappa shape index (κ3) is 4.89. The molecule has 0 bridgehead atoms. The molecular weight excluding hydrogens is 405 g/mol. The Balaban J connectivity index is 1.39. The lowest BCUT2D eigenvalue weighted by atomic mass is 10.1. The number of amides is 2. The molecule has 0 radical (unpaired) electrons. The molecule has 1 fully saturated rings. The maximum absolute atomic E-state index is 14.8. The van der Waals surface area contributed by atoms with Gasteiger partial charge in [0.2, 0.25) is 5.91 Å². The summed E-state index contributed by atoms with van der Waals surface area (Å²) in [7, 11) is 0. The highest BCUT2D eigenvalue weighted by Gasteiger charge is 2.32. The lowest BCUT2D eigenvalue weighted by Crippen LogP contribution is -2.33. The van der Waals surface area contributed by atoms with Gasteiger partial charge in [-0.25, -0.2) is 9.18 Å². The third-order valence-electron chi connectivity index (χ3n) is 4.84. The van der Waals surface area contributed by atoms with Crippen molar-refractivity contribution < 1.29 is 18.7 Å². The zero-order valence-electron chi connectivity index (χ0n) is 16.8. The van der Waals surface area contributed by atoms with Gasteiger partial charge in [-0.2, -0.15) is 15.4 Å². The first kappa shape index (κ1) is 20.5. The van der Waals surface area contributed by atoms with Gasteiger partial charge in [-0.3, -0.25) is 9.69 Å². The van der Waals surface area contributed by atoms with E-state index in [4.69, 9.17) is 4.74 Å². The summed E-state index contributed by atoms with van der Waals surface area (Å²) in [4.78, 5) is 27.7. The second-order valence-corrected chi connectivity index (χ2v) is 7.18. The summed E-state index contributed by atoms with van der Waals surface area (Å²) in [6.07, 6.45) is 0.597. The second-order valence-electron chi connectivity index (χ2n) is 7.18. The molecule has 4 N–H and O–H groups in total. The lowest BCUT2D eigenvalue weighted by molar-refractivity contribution is -0.119. The molecule has 1 aliphatic heterocycles. The molecule has 3 heterocycles. The van der Waals surface area contributed by atoms with Gasteiger partial charge in [0.15, 0.2) is 0 Å². The number of hydrogen-bond acceptors (Lipinski definition) is 6. The fraction of sp³-hybridized carbons (Fsp3) is 0.300. The minimum atomic E-state index is -0.567. The number of nitrogens with one attached hydrogen (secondary N) is 4. The number of aromatic amines is 2. The number of H-pyrrole nitrogens is 2. The van der Waals surface area contributed by atoms with Crippen molar-refractivity contribution in [3.8, 4) is 11.3 Å². The molecule has 0 saturated carbocycles. The molecule has 0 spiro atoms. The van der Waals surface area contributed by atoms with Crippen LogP contribution in [-0.4, -0.2) is 51.6 Å². The molecule has 2 amide bonds. The van der Waals surface area contributed by atoms with Gasteiger partial charge in [0.25, 0.3) is 0 Å². The summed E-state index contributed by atoms with van der Waals surface area (Å²) in [6, 6.07) is 8.28. The van der Waals surface area contributed by atoms with Gasteiger partial charge < -0.3 is 20.4 Å². The van der Waals surface area contributed by atoms with Crippen LogP contribution in [0.2, 0.25) is 0 Å². The van der Waals surface area contributed by atoms with Crippen LogP contribution in [0.15, 0.2) is 36.5 Å². The Morgan fingerprint density at radius 1 is 1.32 bits per heavy atom. The predicted octanol–water partition coefficient (Wildman–Crippen LogP) is 1.69. The van der Waals surface area contributed by atoms with E-state index in [1.807, 2.05) is 6.07 Å². The Hall–Kier alpha value is -3.73. The highest BCUT2D eigenvalue weighted by Crippen LogP contribution is 2.28. The Kier molecular flexibility index (Phi) is 5.94. The molecule has 10 nitrogen and oxygen atoms in total. The van der Waals surface area contributed by atoms with Gasteiger partial charge in [-0.1, -0.05) is 0 Å². The summed E-state index contributed by atoms with van der Waals surface area (Å²) in [6.45, 7) is 2.96. The van der Waals surface area contributed by atoms with Gasteiger partial charge in [0.05, 0.1) is 30.7 Å². The number of hydrogen-bond donors (Lipinski definition) is 4. The molecule has 11 heteroatoms. The summed E-state index contributed by atoms with van der Waals surface area (Å²) >= 11 is 0. The van der Waals surface area contributed by atoms with Gasteiger partial charge >= 0.3 is 6.09 Å². The molecule has 1 aromatic carbocycles. The zero-order valence-corrected chi connectivity index (χ0v) is 16.8. The third-order valence-corrected chi connectivity index (χ3v) is 4.84. The Morgan fingerprint density at radius 2 is 2.19 bits per heavy atom. The molecule has 3 aromatic rings. The Bertz CT molecular complexity index is 1070. The van der Waals surface area contributed by atoms with Gasteiger partial charge in [-0.05, 0) is 30.3 Å². The van der Waals surface area contributed by atoms with Crippen molar-refractivity contribution >= 4 is 17.7 Å². The van der Waals surface area contributed by atoms with E-state index < -0.39 is 18.0 Å². The van der Waals surface area contributed by atoms with E-state index in [0.29, 0.717) is 30.0 Å². The van der Waals surface area contributed by atoms with Crippen LogP contribution in [0.1, 0.15) is 18.3 Å². The van der Waals surface area contributed by atoms with Gasteiger partial charge in [-0.15, -0.1) is 0 Å². The topological polar surface area (TPSA) is 128 Å². The number of benzene rings is 1. The van der Waals surface area contributed by atoms with E-state index in [9.17, 15) is 14.0 Å². The quantitative estimate of drug-likeness (QED) is 0.433. The Labute approximate surface area is 177 Å². The number of halogens is 1. The van der Waals surface area contributed by atoms with E-state index in [1.54, 1.807) is 24.4 Å². The fourth-order valence-corrected chi connectivity index (χ4v) is 3.32. The van der Waals surface area contributed by atoms with Crippen LogP contribution in [0.4, 0.5) is 14.9 Å². The number of rotatable bonds is 8. The number of ether oxygens (including phenoxy) is 1. The second kappa shape index (κ2) is 8.96. The largest absolute Gasteiger partial charge is 0.442 e. The van der Waals surface area contributed by atoms with Gasteiger partial charge in [0, 0.05) is 37.0 Å². The monoisotopic (exact) mass is 427 g/mol. The van der Waals surface area contributed by atoms with Crippen molar-refractivity contribution in [2.45, 2.75) is 26.1 Å².